The lowest BCUT2D eigenvalue weighted by Crippen LogP contribution is -2.37. The molecule has 42 heavy (non-hydrogen) atoms. The fourth-order valence-corrected chi connectivity index (χ4v) is 4.79. The predicted molar refractivity (Wildman–Crippen MR) is 161 cm³/mol. The van der Waals surface area contributed by atoms with Crippen LogP contribution in [0.3, 0.4) is 0 Å². The molecule has 216 valence electrons. The first-order valence-electron chi connectivity index (χ1n) is 14.4. The first kappa shape index (κ1) is 28.8. The minimum atomic E-state index is -0.180. The number of pyridine rings is 1. The number of amides is 2. The topological polar surface area (TPSA) is 92.8 Å². The molecule has 1 aliphatic rings. The Morgan fingerprint density at radius 2 is 1.76 bits per heavy atom. The van der Waals surface area contributed by atoms with E-state index < -0.39 is 0 Å². The quantitative estimate of drug-likeness (QED) is 0.309. The summed E-state index contributed by atoms with van der Waals surface area (Å²) in [6.45, 7) is 3.02. The predicted octanol–water partition coefficient (Wildman–Crippen LogP) is 5.49. The van der Waals surface area contributed by atoms with Crippen molar-refractivity contribution in [1.82, 2.24) is 20.5 Å². The summed E-state index contributed by atoms with van der Waals surface area (Å²) in [5.41, 5.74) is 3.56. The van der Waals surface area contributed by atoms with Crippen LogP contribution < -0.4 is 20.1 Å². The van der Waals surface area contributed by atoms with Crippen LogP contribution in [-0.4, -0.2) is 41.4 Å². The Kier molecular flexibility index (Phi) is 10.2. The number of fused-ring (bicyclic) bond motifs is 1. The van der Waals surface area contributed by atoms with E-state index in [1.807, 2.05) is 72.8 Å². The van der Waals surface area contributed by atoms with Crippen molar-refractivity contribution in [2.24, 2.45) is 0 Å². The van der Waals surface area contributed by atoms with Crippen LogP contribution in [-0.2, 0) is 24.4 Å². The second-order valence-electron chi connectivity index (χ2n) is 10.3. The van der Waals surface area contributed by atoms with Crippen molar-refractivity contribution < 1.29 is 19.1 Å². The van der Waals surface area contributed by atoms with Crippen molar-refractivity contribution >= 4 is 11.8 Å². The van der Waals surface area contributed by atoms with Crippen molar-refractivity contribution in [3.8, 4) is 17.2 Å². The third kappa shape index (κ3) is 8.65. The van der Waals surface area contributed by atoms with Gasteiger partial charge in [-0.1, -0.05) is 48.5 Å². The normalized spacial score (nSPS) is 14.6. The molecule has 0 aliphatic carbocycles. The van der Waals surface area contributed by atoms with E-state index in [1.165, 1.54) is 0 Å². The summed E-state index contributed by atoms with van der Waals surface area (Å²) >= 11 is 0. The van der Waals surface area contributed by atoms with E-state index in [0.717, 1.165) is 36.0 Å². The number of hydrogen-bond acceptors (Lipinski definition) is 6. The third-order valence-electron chi connectivity index (χ3n) is 6.99. The van der Waals surface area contributed by atoms with E-state index in [9.17, 15) is 9.59 Å². The number of nitrogens with zero attached hydrogens (tertiary/aromatic N) is 2. The molecule has 8 heteroatoms. The highest BCUT2D eigenvalue weighted by Gasteiger charge is 2.17. The zero-order chi connectivity index (χ0) is 29.0. The van der Waals surface area contributed by atoms with E-state index >= 15 is 0 Å². The molecule has 4 aromatic rings. The number of rotatable bonds is 7. The lowest BCUT2D eigenvalue weighted by molar-refractivity contribution is -0.122. The highest BCUT2D eigenvalue weighted by atomic mass is 16.5. The molecule has 5 rings (SSSR count). The number of carbonyl (C=O) groups is 2. The number of ether oxygens (including phenoxy) is 2. The maximum Gasteiger partial charge on any atom is 0.251 e. The van der Waals surface area contributed by atoms with Gasteiger partial charge in [0.2, 0.25) is 5.91 Å². The van der Waals surface area contributed by atoms with Gasteiger partial charge in [-0.3, -0.25) is 19.5 Å². The maximum absolute atomic E-state index is 13.1. The molecule has 0 atom stereocenters. The van der Waals surface area contributed by atoms with E-state index in [2.05, 4.69) is 32.7 Å². The fraction of sp³-hybridized carbons (Fsp3) is 0.265. The number of benzene rings is 3. The second-order valence-corrected chi connectivity index (χ2v) is 10.3. The summed E-state index contributed by atoms with van der Waals surface area (Å²) in [7, 11) is 0. The van der Waals surface area contributed by atoms with Crippen LogP contribution in [0.4, 0.5) is 0 Å². The smallest absolute Gasteiger partial charge is 0.251 e. The van der Waals surface area contributed by atoms with E-state index in [-0.39, 0.29) is 18.4 Å². The summed E-state index contributed by atoms with van der Waals surface area (Å²) in [4.78, 5) is 32.0. The van der Waals surface area contributed by atoms with Gasteiger partial charge in [-0.05, 0) is 66.8 Å². The fourth-order valence-electron chi connectivity index (χ4n) is 4.79. The Morgan fingerprint density at radius 1 is 0.905 bits per heavy atom. The average Bonchev–Trinajstić information content (AvgIpc) is 3.02. The largest absolute Gasteiger partial charge is 0.493 e. The van der Waals surface area contributed by atoms with Gasteiger partial charge in [0.05, 0.1) is 19.3 Å². The molecule has 0 radical (unpaired) electrons. The molecule has 8 nitrogen and oxygen atoms in total. The van der Waals surface area contributed by atoms with Gasteiger partial charge in [0, 0.05) is 43.5 Å². The minimum Gasteiger partial charge on any atom is -0.493 e. The highest BCUT2D eigenvalue weighted by Crippen LogP contribution is 2.25. The number of nitrogens with one attached hydrogen (secondary N) is 2. The number of hydrogen-bond donors (Lipinski definition) is 2. The molecular formula is C34H36N4O4. The van der Waals surface area contributed by atoms with E-state index in [0.29, 0.717) is 55.6 Å². The molecule has 2 amide bonds. The van der Waals surface area contributed by atoms with Crippen LogP contribution in [0.5, 0.6) is 17.2 Å². The third-order valence-corrected chi connectivity index (χ3v) is 6.99. The van der Waals surface area contributed by atoms with Gasteiger partial charge in [-0.2, -0.15) is 0 Å². The average molecular weight is 565 g/mol. The Morgan fingerprint density at radius 3 is 2.57 bits per heavy atom. The Hall–Kier alpha value is -4.69. The van der Waals surface area contributed by atoms with E-state index in [1.54, 1.807) is 12.4 Å². The van der Waals surface area contributed by atoms with Crippen molar-refractivity contribution in [2.45, 2.75) is 38.9 Å². The highest BCUT2D eigenvalue weighted by molar-refractivity contribution is 5.94. The van der Waals surface area contributed by atoms with Gasteiger partial charge in [0.25, 0.3) is 5.91 Å². The summed E-state index contributed by atoms with van der Waals surface area (Å²) in [6.07, 6.45) is 6.09. The Balaban J connectivity index is 1.26. The minimum absolute atomic E-state index is 0.0142. The molecule has 0 saturated heterocycles. The van der Waals surface area contributed by atoms with E-state index in [4.69, 9.17) is 9.47 Å². The Bertz CT molecular complexity index is 1450. The SMILES string of the molecule is O=C1CN(Cc2ccccc2)Cc2ccc(C(=O)NCc3ccc(Oc4cccnc4)cc3)cc2OCCCCCN1. The van der Waals surface area contributed by atoms with Gasteiger partial charge in [0.1, 0.15) is 17.2 Å². The molecule has 1 aromatic heterocycles. The first-order valence-corrected chi connectivity index (χ1v) is 14.4. The van der Waals surface area contributed by atoms with Gasteiger partial charge in [-0.25, -0.2) is 0 Å². The van der Waals surface area contributed by atoms with Gasteiger partial charge in [-0.15, -0.1) is 0 Å². The van der Waals surface area contributed by atoms with Crippen LogP contribution in [0, 0.1) is 0 Å². The zero-order valence-electron chi connectivity index (χ0n) is 23.6. The van der Waals surface area contributed by atoms with Crippen LogP contribution in [0.1, 0.15) is 46.3 Å². The van der Waals surface area contributed by atoms with Crippen molar-refractivity contribution in [2.75, 3.05) is 19.7 Å². The zero-order valence-corrected chi connectivity index (χ0v) is 23.6. The first-order chi connectivity index (χ1) is 20.6. The lowest BCUT2D eigenvalue weighted by atomic mass is 10.1. The van der Waals surface area contributed by atoms with Crippen molar-refractivity contribution in [1.29, 1.82) is 0 Å². The van der Waals surface area contributed by atoms with Crippen LogP contribution in [0.25, 0.3) is 0 Å². The second kappa shape index (κ2) is 14.8. The van der Waals surface area contributed by atoms with Gasteiger partial charge in [0.15, 0.2) is 0 Å². The molecule has 0 saturated carbocycles. The van der Waals surface area contributed by atoms with Gasteiger partial charge >= 0.3 is 0 Å². The lowest BCUT2D eigenvalue weighted by Gasteiger charge is -2.23. The molecule has 0 unspecified atom stereocenters. The number of carbonyl (C=O) groups excluding carboxylic acids is 2. The summed E-state index contributed by atoms with van der Waals surface area (Å²) in [5.74, 6) is 1.88. The monoisotopic (exact) mass is 564 g/mol. The van der Waals surface area contributed by atoms with Crippen LogP contribution in [0.2, 0.25) is 0 Å². The molecule has 0 bridgehead atoms. The summed E-state index contributed by atoms with van der Waals surface area (Å²) in [6, 6.07) is 26.9. The molecule has 0 spiro atoms. The van der Waals surface area contributed by atoms with Crippen LogP contribution >= 0.6 is 0 Å². The molecule has 2 heterocycles. The van der Waals surface area contributed by atoms with Crippen molar-refractivity contribution in [3.63, 3.8) is 0 Å². The molecule has 2 N–H and O–H groups in total. The standard InChI is InChI=1S/C34H36N4O4/c39-33-25-38(23-27-8-3-1-4-9-27)24-29-14-13-28(20-32(29)41-19-6-2-5-18-36-33)34(40)37-21-26-11-15-30(16-12-26)42-31-10-7-17-35-22-31/h1,3-4,7-17,20,22H,2,5-6,18-19,21,23-25H2,(H,36,39)(H,37,40). The summed E-state index contributed by atoms with van der Waals surface area (Å²) in [5, 5.41) is 6.05. The molecule has 0 fully saturated rings. The molecular weight excluding hydrogens is 528 g/mol. The van der Waals surface area contributed by atoms with Crippen molar-refractivity contribution in [3.05, 3.63) is 120 Å². The molecule has 1 aliphatic heterocycles. The van der Waals surface area contributed by atoms with Crippen LogP contribution in [0.15, 0.2) is 97.3 Å². The maximum atomic E-state index is 13.1. The number of aromatic nitrogens is 1. The summed E-state index contributed by atoms with van der Waals surface area (Å²) < 4.78 is 12.0. The molecule has 3 aromatic carbocycles. The van der Waals surface area contributed by atoms with Gasteiger partial charge < -0.3 is 20.1 Å². The Labute approximate surface area is 246 Å².